The van der Waals surface area contributed by atoms with Gasteiger partial charge in [0, 0.05) is 25.2 Å². The average molecular weight is 244 g/mol. The number of nitro groups is 1. The molecule has 0 bridgehead atoms. The van der Waals surface area contributed by atoms with E-state index in [-0.39, 0.29) is 17.5 Å². The minimum Gasteiger partial charge on any atom is -0.487 e. The maximum Gasteiger partial charge on any atom is 0.270 e. The van der Waals surface area contributed by atoms with Gasteiger partial charge in [0.15, 0.2) is 0 Å². The molecule has 5 nitrogen and oxygen atoms in total. The van der Waals surface area contributed by atoms with Crippen molar-refractivity contribution >= 4 is 5.69 Å². The van der Waals surface area contributed by atoms with Gasteiger partial charge >= 0.3 is 0 Å². The number of ether oxygens (including phenoxy) is 1. The second kappa shape index (κ2) is 4.62. The number of nitrogens with zero attached hydrogens (tertiary/aromatic N) is 1. The quantitative estimate of drug-likeness (QED) is 0.648. The number of alkyl halides is 2. The van der Waals surface area contributed by atoms with Crippen LogP contribution in [0.3, 0.4) is 0 Å². The molecule has 1 heterocycles. The smallest absolute Gasteiger partial charge is 0.270 e. The topological polar surface area (TPSA) is 64.4 Å². The van der Waals surface area contributed by atoms with Crippen LogP contribution in [0.1, 0.15) is 12.0 Å². The van der Waals surface area contributed by atoms with Crippen LogP contribution in [0.2, 0.25) is 0 Å². The molecule has 0 aliphatic carbocycles. The molecule has 0 unspecified atom stereocenters. The van der Waals surface area contributed by atoms with Gasteiger partial charge in [0.05, 0.1) is 10.5 Å². The summed E-state index contributed by atoms with van der Waals surface area (Å²) in [5, 5.41) is 13.4. The monoisotopic (exact) mass is 244 g/mol. The maximum atomic E-state index is 12.7. The van der Waals surface area contributed by atoms with Crippen molar-refractivity contribution in [3.63, 3.8) is 0 Å². The summed E-state index contributed by atoms with van der Waals surface area (Å²) in [7, 11) is 0. The lowest BCUT2D eigenvalue weighted by molar-refractivity contribution is -0.385. The lowest BCUT2D eigenvalue weighted by Gasteiger charge is -2.28. The zero-order chi connectivity index (χ0) is 12.4. The molecule has 0 spiro atoms. The summed E-state index contributed by atoms with van der Waals surface area (Å²) in [5.74, 6) is 0.0112. The first-order chi connectivity index (χ1) is 8.08. The van der Waals surface area contributed by atoms with Crippen LogP contribution in [0.5, 0.6) is 5.75 Å². The minimum absolute atomic E-state index is 0.0112. The second-order valence-electron chi connectivity index (χ2n) is 3.68. The fraction of sp³-hybridized carbons (Fsp3) is 0.400. The highest BCUT2D eigenvalue weighted by Gasteiger charge is 2.24. The molecule has 1 aliphatic rings. The summed E-state index contributed by atoms with van der Waals surface area (Å²) in [6.45, 7) is 1.19. The highest BCUT2D eigenvalue weighted by molar-refractivity contribution is 5.44. The van der Waals surface area contributed by atoms with Crippen molar-refractivity contribution < 1.29 is 18.4 Å². The highest BCUT2D eigenvalue weighted by Crippen LogP contribution is 2.33. The number of nitrogens with one attached hydrogen (secondary N) is 1. The van der Waals surface area contributed by atoms with Gasteiger partial charge in [-0.15, -0.1) is 0 Å². The standard InChI is InChI=1S/C10H10F2N2O3/c11-10(12)8-3-6(14(15)16)1-2-9(8)17-7-4-13-5-7/h1-3,7,10,13H,4-5H2. The van der Waals surface area contributed by atoms with Crippen LogP contribution in [0, 0.1) is 10.1 Å². The third-order valence-corrected chi connectivity index (χ3v) is 2.48. The Morgan fingerprint density at radius 2 is 2.18 bits per heavy atom. The van der Waals surface area contributed by atoms with Crippen LogP contribution in [0.15, 0.2) is 18.2 Å². The van der Waals surface area contributed by atoms with Crippen LogP contribution in [0.25, 0.3) is 0 Å². The number of benzene rings is 1. The first kappa shape index (κ1) is 11.7. The molecule has 7 heteroatoms. The van der Waals surface area contributed by atoms with E-state index in [0.29, 0.717) is 13.1 Å². The number of halogens is 2. The van der Waals surface area contributed by atoms with Crippen molar-refractivity contribution in [1.82, 2.24) is 5.32 Å². The van der Waals surface area contributed by atoms with E-state index in [0.717, 1.165) is 12.1 Å². The first-order valence-electron chi connectivity index (χ1n) is 5.02. The summed E-state index contributed by atoms with van der Waals surface area (Å²) in [6, 6.07) is 3.23. The van der Waals surface area contributed by atoms with E-state index in [1.165, 1.54) is 6.07 Å². The molecule has 17 heavy (non-hydrogen) atoms. The van der Waals surface area contributed by atoms with Crippen molar-refractivity contribution in [1.29, 1.82) is 0 Å². The highest BCUT2D eigenvalue weighted by atomic mass is 19.3. The molecule has 0 amide bonds. The Morgan fingerprint density at radius 1 is 1.47 bits per heavy atom. The van der Waals surface area contributed by atoms with Gasteiger partial charge in [-0.25, -0.2) is 8.78 Å². The number of hydrogen-bond donors (Lipinski definition) is 1. The van der Waals surface area contributed by atoms with Gasteiger partial charge in [0.25, 0.3) is 12.1 Å². The molecule has 1 N–H and O–H groups in total. The van der Waals surface area contributed by atoms with Crippen LogP contribution in [-0.4, -0.2) is 24.1 Å². The average Bonchev–Trinajstić information content (AvgIpc) is 2.23. The molecule has 1 fully saturated rings. The zero-order valence-electron chi connectivity index (χ0n) is 8.73. The molecule has 2 rings (SSSR count). The number of hydrogen-bond acceptors (Lipinski definition) is 4. The zero-order valence-corrected chi connectivity index (χ0v) is 8.73. The predicted molar refractivity (Wildman–Crippen MR) is 55.3 cm³/mol. The third kappa shape index (κ3) is 2.50. The Hall–Kier alpha value is -1.76. The van der Waals surface area contributed by atoms with E-state index in [1.54, 1.807) is 0 Å². The lowest BCUT2D eigenvalue weighted by Crippen LogP contribution is -2.50. The van der Waals surface area contributed by atoms with Crippen molar-refractivity contribution in [3.05, 3.63) is 33.9 Å². The summed E-state index contributed by atoms with van der Waals surface area (Å²) < 4.78 is 30.8. The molecule has 0 atom stereocenters. The summed E-state index contributed by atoms with van der Waals surface area (Å²) in [4.78, 5) is 9.78. The van der Waals surface area contributed by atoms with Crippen LogP contribution in [-0.2, 0) is 0 Å². The summed E-state index contributed by atoms with van der Waals surface area (Å²) >= 11 is 0. The minimum atomic E-state index is -2.79. The Balaban J connectivity index is 2.26. The second-order valence-corrected chi connectivity index (χ2v) is 3.68. The van der Waals surface area contributed by atoms with Gasteiger partial charge in [-0.1, -0.05) is 0 Å². The van der Waals surface area contributed by atoms with Gasteiger partial charge in [-0.05, 0) is 6.07 Å². The van der Waals surface area contributed by atoms with E-state index in [2.05, 4.69) is 5.32 Å². The van der Waals surface area contributed by atoms with E-state index >= 15 is 0 Å². The molecule has 0 radical (unpaired) electrons. The largest absolute Gasteiger partial charge is 0.487 e. The molecule has 1 aromatic carbocycles. The number of rotatable bonds is 4. The van der Waals surface area contributed by atoms with Gasteiger partial charge in [0.2, 0.25) is 0 Å². The Morgan fingerprint density at radius 3 is 2.65 bits per heavy atom. The molecule has 1 saturated heterocycles. The van der Waals surface area contributed by atoms with E-state index < -0.39 is 16.9 Å². The number of nitro benzene ring substituents is 1. The Bertz CT molecular complexity index is 436. The Kier molecular flexibility index (Phi) is 3.19. The molecular formula is C10H10F2N2O3. The van der Waals surface area contributed by atoms with Crippen LogP contribution < -0.4 is 10.1 Å². The Labute approximate surface area is 95.5 Å². The van der Waals surface area contributed by atoms with E-state index in [9.17, 15) is 18.9 Å². The van der Waals surface area contributed by atoms with Crippen molar-refractivity contribution in [2.45, 2.75) is 12.5 Å². The molecule has 1 aromatic rings. The molecule has 0 saturated carbocycles. The van der Waals surface area contributed by atoms with Crippen LogP contribution in [0.4, 0.5) is 14.5 Å². The SMILES string of the molecule is O=[N+]([O-])c1ccc(OC2CNC2)c(C(F)F)c1. The van der Waals surface area contributed by atoms with Crippen molar-refractivity contribution in [3.8, 4) is 5.75 Å². The van der Waals surface area contributed by atoms with E-state index in [4.69, 9.17) is 4.74 Å². The molecule has 1 aliphatic heterocycles. The summed E-state index contributed by atoms with van der Waals surface area (Å²) in [5.41, 5.74) is -0.800. The van der Waals surface area contributed by atoms with Crippen molar-refractivity contribution in [2.75, 3.05) is 13.1 Å². The normalized spacial score (nSPS) is 15.7. The first-order valence-corrected chi connectivity index (χ1v) is 5.02. The third-order valence-electron chi connectivity index (χ3n) is 2.48. The van der Waals surface area contributed by atoms with E-state index in [1.807, 2.05) is 0 Å². The fourth-order valence-electron chi connectivity index (χ4n) is 1.45. The van der Waals surface area contributed by atoms with Gasteiger partial charge in [-0.2, -0.15) is 0 Å². The lowest BCUT2D eigenvalue weighted by atomic mass is 10.1. The van der Waals surface area contributed by atoms with Gasteiger partial charge in [0.1, 0.15) is 11.9 Å². The van der Waals surface area contributed by atoms with Crippen molar-refractivity contribution in [2.24, 2.45) is 0 Å². The predicted octanol–water partition coefficient (Wildman–Crippen LogP) is 1.88. The summed E-state index contributed by atoms with van der Waals surface area (Å²) in [6.07, 6.45) is -2.94. The van der Waals surface area contributed by atoms with Gasteiger partial charge in [-0.3, -0.25) is 10.1 Å². The molecule has 0 aromatic heterocycles. The fourth-order valence-corrected chi connectivity index (χ4v) is 1.45. The number of non-ortho nitro benzene ring substituents is 1. The molecule has 92 valence electrons. The van der Waals surface area contributed by atoms with Crippen LogP contribution >= 0.6 is 0 Å². The van der Waals surface area contributed by atoms with Gasteiger partial charge < -0.3 is 10.1 Å². The molecular weight excluding hydrogens is 234 g/mol. The maximum absolute atomic E-state index is 12.7.